The van der Waals surface area contributed by atoms with Crippen LogP contribution in [-0.4, -0.2) is 86.7 Å². The summed E-state index contributed by atoms with van der Waals surface area (Å²) in [6.07, 6.45) is -3.77. The summed E-state index contributed by atoms with van der Waals surface area (Å²) in [5.41, 5.74) is 0.653. The Kier molecular flexibility index (Phi) is 11.2. The van der Waals surface area contributed by atoms with Crippen LogP contribution in [0.25, 0.3) is 0 Å². The highest BCUT2D eigenvalue weighted by atomic mass is 19.4. The largest absolute Gasteiger partial charge is 0.490 e. The Morgan fingerprint density at radius 1 is 0.925 bits per heavy atom. The van der Waals surface area contributed by atoms with E-state index in [-0.39, 0.29) is 17.6 Å². The van der Waals surface area contributed by atoms with E-state index < -0.39 is 24.3 Å². The number of aliphatic carboxylic acids is 2. The number of rotatable bonds is 4. The van der Waals surface area contributed by atoms with Gasteiger partial charge in [0.1, 0.15) is 6.10 Å². The molecule has 220 valence electrons. The fourth-order valence-corrected chi connectivity index (χ4v) is 3.75. The first-order valence-electron chi connectivity index (χ1n) is 11.6. The highest BCUT2D eigenvalue weighted by Gasteiger charge is 2.44. The van der Waals surface area contributed by atoms with Gasteiger partial charge in [-0.25, -0.2) is 14.6 Å². The lowest BCUT2D eigenvalue weighted by molar-refractivity contribution is -0.193. The number of halogens is 6. The van der Waals surface area contributed by atoms with Crippen LogP contribution in [0.3, 0.4) is 0 Å². The quantitative estimate of drug-likeness (QED) is 0.520. The summed E-state index contributed by atoms with van der Waals surface area (Å²) in [4.78, 5) is 40.7. The van der Waals surface area contributed by atoms with Gasteiger partial charge in [0, 0.05) is 43.7 Å². The third-order valence-electron chi connectivity index (χ3n) is 5.67. The summed E-state index contributed by atoms with van der Waals surface area (Å²) < 4.78 is 75.5. The first-order chi connectivity index (χ1) is 18.6. The van der Waals surface area contributed by atoms with Crippen molar-refractivity contribution in [3.63, 3.8) is 0 Å². The molecule has 2 aromatic rings. The summed E-state index contributed by atoms with van der Waals surface area (Å²) in [6.45, 7) is 2.03. The highest BCUT2D eigenvalue weighted by Crippen LogP contribution is 2.37. The fraction of sp³-hybridized carbons (Fsp3) is 0.458. The van der Waals surface area contributed by atoms with Gasteiger partial charge in [-0.3, -0.25) is 9.78 Å². The number of carboxylic acid groups (broad SMARTS) is 2. The molecule has 1 unspecified atom stereocenters. The molecule has 1 spiro atoms. The van der Waals surface area contributed by atoms with Gasteiger partial charge in [0.05, 0.1) is 18.6 Å². The fourth-order valence-electron chi connectivity index (χ4n) is 3.75. The van der Waals surface area contributed by atoms with Crippen LogP contribution in [0.5, 0.6) is 5.88 Å². The van der Waals surface area contributed by atoms with Gasteiger partial charge < -0.3 is 24.6 Å². The van der Waals surface area contributed by atoms with Crippen molar-refractivity contribution in [2.24, 2.45) is 0 Å². The lowest BCUT2D eigenvalue weighted by Crippen LogP contribution is -2.47. The molecule has 40 heavy (non-hydrogen) atoms. The number of hydrogen-bond acceptors (Lipinski definition) is 7. The number of carboxylic acids is 2. The van der Waals surface area contributed by atoms with Gasteiger partial charge in [-0.1, -0.05) is 12.1 Å². The molecule has 0 bridgehead atoms. The number of piperidine rings is 1. The van der Waals surface area contributed by atoms with Gasteiger partial charge in [-0.15, -0.1) is 0 Å². The summed E-state index contributed by atoms with van der Waals surface area (Å²) in [7, 11) is 0. The van der Waals surface area contributed by atoms with Crippen LogP contribution in [-0.2, 0) is 25.5 Å². The van der Waals surface area contributed by atoms with Gasteiger partial charge in [0.2, 0.25) is 11.8 Å². The van der Waals surface area contributed by atoms with Crippen molar-refractivity contribution in [3.8, 4) is 5.88 Å². The van der Waals surface area contributed by atoms with Crippen molar-refractivity contribution in [1.82, 2.24) is 14.9 Å². The molecule has 4 heterocycles. The molecule has 0 aliphatic carbocycles. The minimum Gasteiger partial charge on any atom is -0.475 e. The summed E-state index contributed by atoms with van der Waals surface area (Å²) >= 11 is 0. The second kappa shape index (κ2) is 13.9. The molecule has 10 nitrogen and oxygen atoms in total. The Morgan fingerprint density at radius 2 is 1.45 bits per heavy atom. The predicted octanol–water partition coefficient (Wildman–Crippen LogP) is 3.51. The Balaban J connectivity index is 0.000000333. The van der Waals surface area contributed by atoms with Crippen molar-refractivity contribution >= 4 is 17.8 Å². The van der Waals surface area contributed by atoms with E-state index in [1.165, 1.54) is 0 Å². The summed E-state index contributed by atoms with van der Waals surface area (Å²) in [5.74, 6) is -4.74. The number of carbonyl (C=O) groups is 3. The maximum absolute atomic E-state index is 12.5. The van der Waals surface area contributed by atoms with E-state index in [1.54, 1.807) is 12.4 Å². The minimum absolute atomic E-state index is 0.0284. The van der Waals surface area contributed by atoms with E-state index in [0.29, 0.717) is 18.9 Å². The minimum atomic E-state index is -5.08. The zero-order chi connectivity index (χ0) is 30.0. The Morgan fingerprint density at radius 3 is 1.90 bits per heavy atom. The zero-order valence-electron chi connectivity index (χ0n) is 20.7. The van der Waals surface area contributed by atoms with Crippen molar-refractivity contribution in [3.05, 3.63) is 54.5 Å². The normalized spacial score (nSPS) is 18.1. The number of ether oxygens (including phenoxy) is 2. The molecule has 2 aromatic heterocycles. The van der Waals surface area contributed by atoms with Crippen LogP contribution >= 0.6 is 0 Å². The maximum Gasteiger partial charge on any atom is 0.490 e. The van der Waals surface area contributed by atoms with E-state index in [2.05, 4.69) is 9.97 Å². The molecule has 1 atom stereocenters. The Bertz CT molecular complexity index is 1090. The number of amides is 1. The van der Waals surface area contributed by atoms with Crippen LogP contribution < -0.4 is 4.74 Å². The molecule has 2 fully saturated rings. The molecule has 0 radical (unpaired) electrons. The van der Waals surface area contributed by atoms with Gasteiger partial charge in [-0.05, 0) is 31.0 Å². The lowest BCUT2D eigenvalue weighted by Gasteiger charge is -2.38. The molecule has 2 saturated heterocycles. The topological polar surface area (TPSA) is 139 Å². The molecule has 4 rings (SSSR count). The number of aromatic nitrogens is 2. The second-order valence-corrected chi connectivity index (χ2v) is 8.59. The van der Waals surface area contributed by atoms with Crippen molar-refractivity contribution < 1.29 is 60.4 Å². The van der Waals surface area contributed by atoms with E-state index in [9.17, 15) is 31.1 Å². The highest BCUT2D eigenvalue weighted by molar-refractivity contribution is 5.78. The smallest absolute Gasteiger partial charge is 0.475 e. The molecule has 2 aliphatic heterocycles. The SMILES string of the molecule is O=C(Cc1ccccn1)N1CCC2(CC1)CC(Oc1ccccn1)CO2.O=C(O)C(F)(F)F.O=C(O)C(F)(F)F. The third-order valence-corrected chi connectivity index (χ3v) is 5.67. The molecule has 0 aromatic carbocycles. The van der Waals surface area contributed by atoms with E-state index in [1.807, 2.05) is 41.3 Å². The number of hydrogen-bond donors (Lipinski definition) is 2. The predicted molar refractivity (Wildman–Crippen MR) is 123 cm³/mol. The Labute approximate surface area is 223 Å². The van der Waals surface area contributed by atoms with Crippen LogP contribution in [0.15, 0.2) is 48.8 Å². The molecular formula is C24H25F6N3O7. The number of carbonyl (C=O) groups excluding carboxylic acids is 1. The average molecular weight is 581 g/mol. The average Bonchev–Trinajstić information content (AvgIpc) is 3.26. The number of likely N-dealkylation sites (tertiary alicyclic amines) is 1. The third kappa shape index (κ3) is 10.7. The van der Waals surface area contributed by atoms with Crippen LogP contribution in [0.4, 0.5) is 26.3 Å². The Hall–Kier alpha value is -3.95. The molecule has 0 saturated carbocycles. The molecule has 2 N–H and O–H groups in total. The van der Waals surface area contributed by atoms with Crippen molar-refractivity contribution in [2.45, 2.75) is 49.7 Å². The second-order valence-electron chi connectivity index (χ2n) is 8.59. The summed E-state index contributed by atoms with van der Waals surface area (Å²) in [6, 6.07) is 11.3. The summed E-state index contributed by atoms with van der Waals surface area (Å²) in [5, 5.41) is 14.2. The number of pyridine rings is 2. The first kappa shape index (κ1) is 32.3. The van der Waals surface area contributed by atoms with E-state index in [0.717, 1.165) is 38.0 Å². The molecular weight excluding hydrogens is 556 g/mol. The number of alkyl halides is 6. The van der Waals surface area contributed by atoms with Crippen molar-refractivity contribution in [1.29, 1.82) is 0 Å². The van der Waals surface area contributed by atoms with Crippen LogP contribution in [0.2, 0.25) is 0 Å². The van der Waals surface area contributed by atoms with Gasteiger partial charge in [-0.2, -0.15) is 26.3 Å². The maximum atomic E-state index is 12.5. The van der Waals surface area contributed by atoms with Gasteiger partial charge >= 0.3 is 24.3 Å². The van der Waals surface area contributed by atoms with Gasteiger partial charge in [0.15, 0.2) is 0 Å². The van der Waals surface area contributed by atoms with Crippen LogP contribution in [0, 0.1) is 0 Å². The van der Waals surface area contributed by atoms with E-state index >= 15 is 0 Å². The van der Waals surface area contributed by atoms with E-state index in [4.69, 9.17) is 29.3 Å². The van der Waals surface area contributed by atoms with Gasteiger partial charge in [0.25, 0.3) is 0 Å². The van der Waals surface area contributed by atoms with Crippen LogP contribution in [0.1, 0.15) is 25.0 Å². The molecule has 2 aliphatic rings. The number of nitrogens with zero attached hydrogens (tertiary/aromatic N) is 3. The zero-order valence-corrected chi connectivity index (χ0v) is 20.7. The van der Waals surface area contributed by atoms with Crippen molar-refractivity contribution in [2.75, 3.05) is 19.7 Å². The molecule has 1 amide bonds. The monoisotopic (exact) mass is 581 g/mol. The standard InChI is InChI=1S/C20H23N3O3.2C2HF3O2/c24-19(13-16-5-1-3-9-21-16)23-11-7-20(8-12-23)14-17(15-25-20)26-18-6-2-4-10-22-18;2*3-2(4,5)1(6)7/h1-6,9-10,17H,7-8,11-15H2;2*(H,6,7). The first-order valence-corrected chi connectivity index (χ1v) is 11.6. The lowest BCUT2D eigenvalue weighted by atomic mass is 9.88. The molecule has 16 heteroatoms.